The van der Waals surface area contributed by atoms with Crippen molar-refractivity contribution in [1.82, 2.24) is 4.57 Å². The van der Waals surface area contributed by atoms with Crippen molar-refractivity contribution in [1.29, 1.82) is 0 Å². The molecule has 0 bridgehead atoms. The van der Waals surface area contributed by atoms with Crippen LogP contribution in [0, 0.1) is 0 Å². The Morgan fingerprint density at radius 2 is 1.32 bits per heavy atom. The van der Waals surface area contributed by atoms with Crippen molar-refractivity contribution < 1.29 is 19.1 Å². The van der Waals surface area contributed by atoms with Crippen LogP contribution < -0.4 is 5.01 Å². The summed E-state index contributed by atoms with van der Waals surface area (Å²) in [6.45, 7) is 7.23. The van der Waals surface area contributed by atoms with Crippen LogP contribution in [0.5, 0.6) is 0 Å². The Balaban J connectivity index is 1.46. The molecule has 0 unspecified atom stereocenters. The Hall–Kier alpha value is -5.43. The molecule has 0 aliphatic heterocycles. The molecule has 0 N–H and O–H groups in total. The van der Waals surface area contributed by atoms with Crippen LogP contribution >= 0.6 is 0 Å². The second kappa shape index (κ2) is 12.2. The number of aryl methyl sites for hydroxylation is 1. The fourth-order valence-electron chi connectivity index (χ4n) is 4.59. The van der Waals surface area contributed by atoms with Gasteiger partial charge in [0.15, 0.2) is 0 Å². The molecule has 5 rings (SSSR count). The average Bonchev–Trinajstić information content (AvgIpc) is 3.30. The van der Waals surface area contributed by atoms with E-state index in [0.29, 0.717) is 0 Å². The van der Waals surface area contributed by atoms with Gasteiger partial charge >= 0.3 is 11.9 Å². The topological polar surface area (TPSA) is 73.1 Å². The van der Waals surface area contributed by atoms with Crippen molar-refractivity contribution >= 4 is 51.3 Å². The van der Waals surface area contributed by atoms with Crippen molar-refractivity contribution in [2.24, 2.45) is 12.1 Å². The number of rotatable bonds is 10. The molecule has 0 aliphatic carbocycles. The van der Waals surface area contributed by atoms with Crippen LogP contribution in [0.4, 0.5) is 11.4 Å². The molecule has 0 fully saturated rings. The molecule has 0 radical (unpaired) electrons. The summed E-state index contributed by atoms with van der Waals surface area (Å²) in [5.74, 6) is -0.907. The van der Waals surface area contributed by atoms with Gasteiger partial charge in [0.1, 0.15) is 13.2 Å². The molecule has 0 atom stereocenters. The minimum absolute atomic E-state index is 0.170. The van der Waals surface area contributed by atoms with Crippen LogP contribution in [-0.2, 0) is 39.3 Å². The molecular formula is C34H29N3O4. The van der Waals surface area contributed by atoms with Crippen molar-refractivity contribution in [2.45, 2.75) is 13.2 Å². The molecule has 7 heteroatoms. The molecule has 0 saturated heterocycles. The maximum absolute atomic E-state index is 11.5. The van der Waals surface area contributed by atoms with E-state index < -0.39 is 11.9 Å². The highest BCUT2D eigenvalue weighted by atomic mass is 16.5. The van der Waals surface area contributed by atoms with Crippen LogP contribution in [0.3, 0.4) is 0 Å². The molecule has 0 spiro atoms. The Kier molecular flexibility index (Phi) is 8.06. The Morgan fingerprint density at radius 1 is 0.756 bits per heavy atom. The van der Waals surface area contributed by atoms with Gasteiger partial charge in [0.25, 0.3) is 0 Å². The van der Waals surface area contributed by atoms with E-state index in [0.717, 1.165) is 62.0 Å². The lowest BCUT2D eigenvalue weighted by atomic mass is 10.1. The van der Waals surface area contributed by atoms with Gasteiger partial charge in [0.2, 0.25) is 0 Å². The second-order valence-electron chi connectivity index (χ2n) is 9.37. The smallest absolute Gasteiger partial charge is 0.330 e. The SMILES string of the molecule is C=CC(=O)OCc1ccc(N(N=Cc2ccc3c(c2)c2cc(COC(=O)C=C)ccc2n3C)c2ccccc2)cc1. The number of carbonyl (C=O) groups is 2. The number of anilines is 2. The lowest BCUT2D eigenvalue weighted by Gasteiger charge is -2.19. The zero-order valence-corrected chi connectivity index (χ0v) is 22.7. The van der Waals surface area contributed by atoms with Crippen LogP contribution in [0.1, 0.15) is 16.7 Å². The van der Waals surface area contributed by atoms with Gasteiger partial charge in [-0.15, -0.1) is 0 Å². The summed E-state index contributed by atoms with van der Waals surface area (Å²) in [4.78, 5) is 23.0. The molecule has 1 aromatic heterocycles. The summed E-state index contributed by atoms with van der Waals surface area (Å²) in [5.41, 5.74) is 6.62. The van der Waals surface area contributed by atoms with Gasteiger partial charge in [-0.1, -0.05) is 55.6 Å². The van der Waals surface area contributed by atoms with E-state index in [9.17, 15) is 9.59 Å². The van der Waals surface area contributed by atoms with Crippen molar-refractivity contribution in [3.05, 3.63) is 133 Å². The Labute approximate surface area is 238 Å². The molecule has 204 valence electrons. The van der Waals surface area contributed by atoms with Crippen LogP contribution in [0.25, 0.3) is 21.8 Å². The average molecular weight is 544 g/mol. The number of para-hydroxylation sites is 1. The van der Waals surface area contributed by atoms with Gasteiger partial charge in [0.05, 0.1) is 17.6 Å². The first-order chi connectivity index (χ1) is 20.0. The molecule has 4 aromatic carbocycles. The Morgan fingerprint density at radius 3 is 1.98 bits per heavy atom. The van der Waals surface area contributed by atoms with E-state index in [1.54, 1.807) is 0 Å². The van der Waals surface area contributed by atoms with Gasteiger partial charge in [-0.25, -0.2) is 14.6 Å². The highest BCUT2D eigenvalue weighted by molar-refractivity contribution is 6.09. The van der Waals surface area contributed by atoms with E-state index in [-0.39, 0.29) is 13.2 Å². The van der Waals surface area contributed by atoms with Crippen molar-refractivity contribution in [3.8, 4) is 0 Å². The van der Waals surface area contributed by atoms with Gasteiger partial charge in [-0.05, 0) is 65.2 Å². The Bertz CT molecular complexity index is 1770. The molecule has 1 heterocycles. The summed E-state index contributed by atoms with van der Waals surface area (Å²) in [6, 6.07) is 29.9. The summed E-state index contributed by atoms with van der Waals surface area (Å²) >= 11 is 0. The monoisotopic (exact) mass is 543 g/mol. The number of fused-ring (bicyclic) bond motifs is 3. The van der Waals surface area contributed by atoms with Gasteiger partial charge < -0.3 is 14.0 Å². The predicted molar refractivity (Wildman–Crippen MR) is 163 cm³/mol. The molecule has 41 heavy (non-hydrogen) atoms. The third kappa shape index (κ3) is 6.09. The number of hydrogen-bond donors (Lipinski definition) is 0. The number of hydrazone groups is 1. The summed E-state index contributed by atoms with van der Waals surface area (Å²) in [6.07, 6.45) is 4.15. The van der Waals surface area contributed by atoms with Crippen LogP contribution in [-0.4, -0.2) is 22.7 Å². The molecule has 7 nitrogen and oxygen atoms in total. The molecule has 0 saturated carbocycles. The number of aromatic nitrogens is 1. The predicted octanol–water partition coefficient (Wildman–Crippen LogP) is 6.96. The van der Waals surface area contributed by atoms with E-state index >= 15 is 0 Å². The largest absolute Gasteiger partial charge is 0.458 e. The van der Waals surface area contributed by atoms with Crippen LogP contribution in [0.2, 0.25) is 0 Å². The first-order valence-electron chi connectivity index (χ1n) is 13.0. The summed E-state index contributed by atoms with van der Waals surface area (Å²) < 4.78 is 12.5. The zero-order valence-electron chi connectivity index (χ0n) is 22.7. The van der Waals surface area contributed by atoms with E-state index in [4.69, 9.17) is 14.6 Å². The van der Waals surface area contributed by atoms with Crippen molar-refractivity contribution in [2.75, 3.05) is 5.01 Å². The number of carbonyl (C=O) groups excluding carboxylic acids is 2. The highest BCUT2D eigenvalue weighted by Crippen LogP contribution is 2.30. The molecule has 5 aromatic rings. The summed E-state index contributed by atoms with van der Waals surface area (Å²) in [7, 11) is 2.04. The van der Waals surface area contributed by atoms with Crippen molar-refractivity contribution in [3.63, 3.8) is 0 Å². The fourth-order valence-corrected chi connectivity index (χ4v) is 4.59. The van der Waals surface area contributed by atoms with Crippen LogP contribution in [0.15, 0.2) is 121 Å². The van der Waals surface area contributed by atoms with E-state index in [2.05, 4.69) is 35.9 Å². The second-order valence-corrected chi connectivity index (χ2v) is 9.37. The van der Waals surface area contributed by atoms with E-state index in [1.807, 2.05) is 91.1 Å². The normalized spacial score (nSPS) is 11.0. The third-order valence-corrected chi connectivity index (χ3v) is 6.69. The highest BCUT2D eigenvalue weighted by Gasteiger charge is 2.12. The maximum Gasteiger partial charge on any atom is 0.330 e. The zero-order chi connectivity index (χ0) is 28.8. The van der Waals surface area contributed by atoms with Gasteiger partial charge in [0, 0.05) is 41.0 Å². The quantitative estimate of drug-likeness (QED) is 0.0824. The summed E-state index contributed by atoms with van der Waals surface area (Å²) in [5, 5.41) is 8.86. The number of nitrogens with zero attached hydrogens (tertiary/aromatic N) is 3. The van der Waals surface area contributed by atoms with Gasteiger partial charge in [-0.2, -0.15) is 5.10 Å². The fraction of sp³-hybridized carbons (Fsp3) is 0.0882. The number of hydrogen-bond acceptors (Lipinski definition) is 6. The standard InChI is InChI=1S/C34H29N3O4/c1-4-33(38)40-22-24-11-15-28(16-12-24)37(27-9-7-6-8-10-27)35-21-25-13-17-31-29(19-25)30-20-26(23-41-34(39)5-2)14-18-32(30)36(31)3/h4-21H,1-2,22-23H2,3H3. The number of benzene rings is 4. The molecular weight excluding hydrogens is 514 g/mol. The minimum atomic E-state index is -0.458. The van der Waals surface area contributed by atoms with Gasteiger partial charge in [-0.3, -0.25) is 0 Å². The first kappa shape index (κ1) is 27.1. The third-order valence-electron chi connectivity index (χ3n) is 6.69. The number of esters is 2. The minimum Gasteiger partial charge on any atom is -0.458 e. The molecule has 0 amide bonds. The lowest BCUT2D eigenvalue weighted by molar-refractivity contribution is -0.139. The van der Waals surface area contributed by atoms with E-state index in [1.165, 1.54) is 0 Å². The first-order valence-corrected chi connectivity index (χ1v) is 13.0. The number of ether oxygens (including phenoxy) is 2. The maximum atomic E-state index is 11.5. The molecule has 0 aliphatic rings. The lowest BCUT2D eigenvalue weighted by Crippen LogP contribution is -2.09.